The zero-order valence-corrected chi connectivity index (χ0v) is 12.4. The summed E-state index contributed by atoms with van der Waals surface area (Å²) in [6.07, 6.45) is 0. The Morgan fingerprint density at radius 3 is 2.09 bits per heavy atom. The van der Waals surface area contributed by atoms with Crippen molar-refractivity contribution >= 4 is 17.7 Å². The van der Waals surface area contributed by atoms with Gasteiger partial charge in [0.15, 0.2) is 5.78 Å². The number of carboxylic acids is 1. The number of ketones is 1. The number of methoxy groups -OCH3 is 1. The van der Waals surface area contributed by atoms with Gasteiger partial charge in [-0.1, -0.05) is 18.2 Å². The highest BCUT2D eigenvalue weighted by Crippen LogP contribution is 2.24. The van der Waals surface area contributed by atoms with Crippen LogP contribution in [0.1, 0.15) is 48.0 Å². The van der Waals surface area contributed by atoms with E-state index in [0.717, 1.165) is 0 Å². The van der Waals surface area contributed by atoms with E-state index in [4.69, 9.17) is 0 Å². The van der Waals surface area contributed by atoms with E-state index in [2.05, 4.69) is 9.72 Å². The first-order chi connectivity index (χ1) is 10.4. The number of hydrogen-bond acceptors (Lipinski definition) is 4. The Kier molecular flexibility index (Phi) is 4.12. The molecule has 1 aromatic heterocycles. The largest absolute Gasteiger partial charge is 0.478 e. The van der Waals surface area contributed by atoms with E-state index in [1.54, 1.807) is 26.0 Å². The fourth-order valence-corrected chi connectivity index (χ4v) is 2.44. The second kappa shape index (κ2) is 5.85. The summed E-state index contributed by atoms with van der Waals surface area (Å²) in [6, 6.07) is 6.15. The van der Waals surface area contributed by atoms with Gasteiger partial charge in [-0.05, 0) is 19.9 Å². The zero-order chi connectivity index (χ0) is 16.4. The molecule has 0 unspecified atom stereocenters. The summed E-state index contributed by atoms with van der Waals surface area (Å²) in [5, 5.41) is 9.32. The predicted octanol–water partition coefficient (Wildman–Crippen LogP) is 2.35. The minimum Gasteiger partial charge on any atom is -0.478 e. The molecule has 0 aliphatic rings. The van der Waals surface area contributed by atoms with Crippen LogP contribution in [0.3, 0.4) is 0 Å². The smallest absolute Gasteiger partial charge is 0.338 e. The van der Waals surface area contributed by atoms with Gasteiger partial charge in [-0.3, -0.25) is 4.79 Å². The molecule has 0 saturated carbocycles. The minimum atomic E-state index is -1.19. The van der Waals surface area contributed by atoms with Crippen LogP contribution in [0.15, 0.2) is 24.3 Å². The molecular formula is C16H15NO5. The molecule has 114 valence electrons. The number of H-pyrrole nitrogens is 1. The summed E-state index contributed by atoms with van der Waals surface area (Å²) < 4.78 is 4.66. The number of carboxylic acid groups (broad SMARTS) is 1. The molecule has 0 aliphatic heterocycles. The highest BCUT2D eigenvalue weighted by molar-refractivity contribution is 6.19. The summed E-state index contributed by atoms with van der Waals surface area (Å²) in [7, 11) is 1.22. The highest BCUT2D eigenvalue weighted by Gasteiger charge is 2.27. The van der Waals surface area contributed by atoms with Gasteiger partial charge in [-0.15, -0.1) is 0 Å². The van der Waals surface area contributed by atoms with E-state index >= 15 is 0 Å². The molecule has 0 spiro atoms. The number of carbonyl (C=O) groups is 3. The molecule has 0 saturated heterocycles. The number of esters is 1. The van der Waals surface area contributed by atoms with Crippen molar-refractivity contribution in [3.63, 3.8) is 0 Å². The summed E-state index contributed by atoms with van der Waals surface area (Å²) in [5.41, 5.74) is 1.02. The summed E-state index contributed by atoms with van der Waals surface area (Å²) in [5.74, 6) is -2.37. The lowest BCUT2D eigenvalue weighted by Crippen LogP contribution is -2.14. The lowest BCUT2D eigenvalue weighted by atomic mass is 9.95. The van der Waals surface area contributed by atoms with E-state index in [-0.39, 0.29) is 22.3 Å². The molecule has 0 aliphatic carbocycles. The van der Waals surface area contributed by atoms with E-state index in [1.165, 1.54) is 19.2 Å². The molecule has 0 bridgehead atoms. The minimum absolute atomic E-state index is 0.0568. The van der Waals surface area contributed by atoms with E-state index in [1.807, 2.05) is 0 Å². The predicted molar refractivity (Wildman–Crippen MR) is 78.4 cm³/mol. The van der Waals surface area contributed by atoms with Gasteiger partial charge in [-0.2, -0.15) is 0 Å². The van der Waals surface area contributed by atoms with Crippen LogP contribution in [0.5, 0.6) is 0 Å². The number of ether oxygens (including phenoxy) is 1. The quantitative estimate of drug-likeness (QED) is 0.667. The normalized spacial score (nSPS) is 10.3. The third-order valence-corrected chi connectivity index (χ3v) is 3.39. The third-order valence-electron chi connectivity index (χ3n) is 3.39. The van der Waals surface area contributed by atoms with Crippen LogP contribution in [-0.4, -0.2) is 34.9 Å². The van der Waals surface area contributed by atoms with Gasteiger partial charge >= 0.3 is 11.9 Å². The standard InChI is InChI=1S/C16H15NO5/c1-8-12(13(15(19)20)9(2)17-8)14(18)10-6-4-5-7-11(10)16(21)22-3/h4-7,17H,1-3H3,(H,19,20). The molecule has 2 aromatic rings. The number of aromatic nitrogens is 1. The third kappa shape index (κ3) is 2.50. The van der Waals surface area contributed by atoms with Gasteiger partial charge in [0, 0.05) is 17.0 Å². The van der Waals surface area contributed by atoms with Crippen molar-refractivity contribution in [1.82, 2.24) is 4.98 Å². The van der Waals surface area contributed by atoms with Crippen LogP contribution in [0, 0.1) is 13.8 Å². The second-order valence-electron chi connectivity index (χ2n) is 4.80. The van der Waals surface area contributed by atoms with Crippen LogP contribution in [-0.2, 0) is 4.74 Å². The van der Waals surface area contributed by atoms with Crippen molar-refractivity contribution < 1.29 is 24.2 Å². The molecular weight excluding hydrogens is 286 g/mol. The lowest BCUT2D eigenvalue weighted by Gasteiger charge is -2.07. The number of hydrogen-bond donors (Lipinski definition) is 2. The average Bonchev–Trinajstić information content (AvgIpc) is 2.80. The summed E-state index contributed by atoms with van der Waals surface area (Å²) >= 11 is 0. The molecule has 2 N–H and O–H groups in total. The molecule has 0 atom stereocenters. The van der Waals surface area contributed by atoms with Crippen molar-refractivity contribution in [2.24, 2.45) is 0 Å². The average molecular weight is 301 g/mol. The number of aryl methyl sites for hydroxylation is 2. The van der Waals surface area contributed by atoms with Gasteiger partial charge < -0.3 is 14.8 Å². The van der Waals surface area contributed by atoms with Crippen LogP contribution >= 0.6 is 0 Å². The van der Waals surface area contributed by atoms with Crippen LogP contribution in [0.2, 0.25) is 0 Å². The Labute approximate surface area is 126 Å². The second-order valence-corrected chi connectivity index (χ2v) is 4.80. The van der Waals surface area contributed by atoms with Gasteiger partial charge in [0.05, 0.1) is 23.8 Å². The molecule has 0 radical (unpaired) electrons. The van der Waals surface area contributed by atoms with E-state index in [9.17, 15) is 19.5 Å². The van der Waals surface area contributed by atoms with Crippen molar-refractivity contribution in [1.29, 1.82) is 0 Å². The number of aromatic amines is 1. The van der Waals surface area contributed by atoms with Crippen LogP contribution in [0.25, 0.3) is 0 Å². The Morgan fingerprint density at radius 1 is 1.00 bits per heavy atom. The Morgan fingerprint density at radius 2 is 1.55 bits per heavy atom. The fraction of sp³-hybridized carbons (Fsp3) is 0.188. The summed E-state index contributed by atoms with van der Waals surface area (Å²) in [4.78, 5) is 38.8. The monoisotopic (exact) mass is 301 g/mol. The van der Waals surface area contributed by atoms with Crippen molar-refractivity contribution in [3.8, 4) is 0 Å². The highest BCUT2D eigenvalue weighted by atomic mass is 16.5. The number of aromatic carboxylic acids is 1. The topological polar surface area (TPSA) is 96.5 Å². The molecule has 22 heavy (non-hydrogen) atoms. The SMILES string of the molecule is COC(=O)c1ccccc1C(=O)c1c(C)[nH]c(C)c1C(=O)O. The first kappa shape index (κ1) is 15.5. The molecule has 1 aromatic carbocycles. The first-order valence-electron chi connectivity index (χ1n) is 6.53. The first-order valence-corrected chi connectivity index (χ1v) is 6.53. The number of carbonyl (C=O) groups excluding carboxylic acids is 2. The molecule has 2 rings (SSSR count). The van der Waals surface area contributed by atoms with Crippen molar-refractivity contribution in [2.45, 2.75) is 13.8 Å². The molecule has 0 fully saturated rings. The fourth-order valence-electron chi connectivity index (χ4n) is 2.44. The number of nitrogens with one attached hydrogen (secondary N) is 1. The maximum Gasteiger partial charge on any atom is 0.338 e. The van der Waals surface area contributed by atoms with E-state index < -0.39 is 17.7 Å². The molecule has 0 amide bonds. The number of benzene rings is 1. The van der Waals surface area contributed by atoms with Gasteiger partial charge in [0.1, 0.15) is 0 Å². The van der Waals surface area contributed by atoms with Crippen molar-refractivity contribution in [2.75, 3.05) is 7.11 Å². The van der Waals surface area contributed by atoms with Crippen molar-refractivity contribution in [3.05, 3.63) is 57.9 Å². The Balaban J connectivity index is 2.65. The van der Waals surface area contributed by atoms with Crippen LogP contribution < -0.4 is 0 Å². The Hall–Kier alpha value is -2.89. The van der Waals surface area contributed by atoms with E-state index in [0.29, 0.717) is 11.4 Å². The molecule has 6 heteroatoms. The number of rotatable bonds is 4. The van der Waals surface area contributed by atoms with Crippen LogP contribution in [0.4, 0.5) is 0 Å². The molecule has 6 nitrogen and oxygen atoms in total. The van der Waals surface area contributed by atoms with Gasteiger partial charge in [-0.25, -0.2) is 9.59 Å². The maximum atomic E-state index is 12.8. The van der Waals surface area contributed by atoms with Gasteiger partial charge in [0.25, 0.3) is 0 Å². The maximum absolute atomic E-state index is 12.8. The summed E-state index contributed by atoms with van der Waals surface area (Å²) in [6.45, 7) is 3.20. The Bertz CT molecular complexity index is 773. The van der Waals surface area contributed by atoms with Gasteiger partial charge in [0.2, 0.25) is 0 Å². The molecule has 1 heterocycles. The lowest BCUT2D eigenvalue weighted by molar-refractivity contribution is 0.0597. The zero-order valence-electron chi connectivity index (χ0n) is 12.4.